The molecule has 0 aromatic heterocycles. The standard InChI is InChI=1S/C4H12NO3P/c1-5-9(6)8-4-3-7-2/h9H,3-4H2,1-2H3,(H,5,6). The minimum Gasteiger partial charge on any atom is -0.382 e. The summed E-state index contributed by atoms with van der Waals surface area (Å²) in [6, 6.07) is 0. The molecule has 0 saturated carbocycles. The molecule has 1 atom stereocenters. The quantitative estimate of drug-likeness (QED) is 0.454. The minimum absolute atomic E-state index is 0.384. The van der Waals surface area contributed by atoms with Gasteiger partial charge in [0.1, 0.15) is 0 Å². The van der Waals surface area contributed by atoms with E-state index < -0.39 is 8.18 Å². The molecule has 0 aliphatic rings. The molecule has 9 heavy (non-hydrogen) atoms. The molecule has 0 rings (SSSR count). The Morgan fingerprint density at radius 3 is 2.67 bits per heavy atom. The third-order valence-electron chi connectivity index (χ3n) is 0.725. The maximum absolute atomic E-state index is 10.5. The zero-order valence-corrected chi connectivity index (χ0v) is 6.64. The molecule has 0 bridgehead atoms. The highest BCUT2D eigenvalue weighted by Crippen LogP contribution is 2.12. The average Bonchev–Trinajstić information content (AvgIpc) is 1.89. The number of ether oxygens (including phenoxy) is 1. The average molecular weight is 153 g/mol. The second-order valence-corrected chi connectivity index (χ2v) is 2.74. The van der Waals surface area contributed by atoms with Crippen molar-refractivity contribution >= 4 is 8.18 Å². The molecule has 0 amide bonds. The maximum atomic E-state index is 10.5. The summed E-state index contributed by atoms with van der Waals surface area (Å²) >= 11 is 0. The van der Waals surface area contributed by atoms with Crippen molar-refractivity contribution < 1.29 is 13.8 Å². The summed E-state index contributed by atoms with van der Waals surface area (Å²) in [6.45, 7) is 0.868. The lowest BCUT2D eigenvalue weighted by Crippen LogP contribution is -2.01. The molecule has 1 unspecified atom stereocenters. The van der Waals surface area contributed by atoms with Crippen molar-refractivity contribution in [3.8, 4) is 0 Å². The van der Waals surface area contributed by atoms with E-state index in [4.69, 9.17) is 4.52 Å². The van der Waals surface area contributed by atoms with Crippen molar-refractivity contribution in [3.05, 3.63) is 0 Å². The van der Waals surface area contributed by atoms with Crippen LogP contribution in [-0.4, -0.2) is 27.4 Å². The summed E-state index contributed by atoms with van der Waals surface area (Å²) in [4.78, 5) is 0. The number of hydrogen-bond acceptors (Lipinski definition) is 3. The number of methoxy groups -OCH3 is 1. The van der Waals surface area contributed by atoms with E-state index in [0.717, 1.165) is 0 Å². The smallest absolute Gasteiger partial charge is 0.258 e. The Labute approximate surface area is 55.5 Å². The first kappa shape index (κ1) is 9.11. The van der Waals surface area contributed by atoms with E-state index in [1.807, 2.05) is 0 Å². The first-order valence-corrected chi connectivity index (χ1v) is 3.96. The van der Waals surface area contributed by atoms with Gasteiger partial charge in [0, 0.05) is 7.11 Å². The molecule has 0 aromatic rings. The van der Waals surface area contributed by atoms with E-state index in [1.54, 1.807) is 14.2 Å². The molecule has 0 spiro atoms. The molecule has 0 aliphatic heterocycles. The summed E-state index contributed by atoms with van der Waals surface area (Å²) in [5, 5.41) is 2.49. The molecule has 56 valence electrons. The Kier molecular flexibility index (Phi) is 6.31. The van der Waals surface area contributed by atoms with Crippen molar-refractivity contribution in [2.45, 2.75) is 0 Å². The summed E-state index contributed by atoms with van der Waals surface area (Å²) in [5.41, 5.74) is 0. The van der Waals surface area contributed by atoms with Crippen LogP contribution in [-0.2, 0) is 13.8 Å². The van der Waals surface area contributed by atoms with Gasteiger partial charge in [-0.05, 0) is 7.05 Å². The number of hydrogen-bond donors (Lipinski definition) is 1. The Morgan fingerprint density at radius 2 is 2.22 bits per heavy atom. The van der Waals surface area contributed by atoms with Gasteiger partial charge in [-0.15, -0.1) is 0 Å². The predicted molar refractivity (Wildman–Crippen MR) is 35.9 cm³/mol. The van der Waals surface area contributed by atoms with Gasteiger partial charge in [0.05, 0.1) is 13.2 Å². The van der Waals surface area contributed by atoms with Gasteiger partial charge in [0.15, 0.2) is 0 Å². The second-order valence-electron chi connectivity index (χ2n) is 1.38. The van der Waals surface area contributed by atoms with Crippen molar-refractivity contribution in [2.75, 3.05) is 27.4 Å². The van der Waals surface area contributed by atoms with Crippen LogP contribution in [0.2, 0.25) is 0 Å². The van der Waals surface area contributed by atoms with Crippen LogP contribution in [0, 0.1) is 0 Å². The van der Waals surface area contributed by atoms with Crippen LogP contribution in [0.1, 0.15) is 0 Å². The fraction of sp³-hybridized carbons (Fsp3) is 1.00. The van der Waals surface area contributed by atoms with E-state index in [9.17, 15) is 4.57 Å². The van der Waals surface area contributed by atoms with Crippen LogP contribution in [0.15, 0.2) is 0 Å². The maximum Gasteiger partial charge on any atom is 0.258 e. The van der Waals surface area contributed by atoms with Gasteiger partial charge in [0.25, 0.3) is 8.18 Å². The van der Waals surface area contributed by atoms with Crippen LogP contribution in [0.4, 0.5) is 0 Å². The first-order chi connectivity index (χ1) is 4.31. The molecule has 0 radical (unpaired) electrons. The second kappa shape index (κ2) is 6.23. The van der Waals surface area contributed by atoms with E-state index in [0.29, 0.717) is 13.2 Å². The Bertz CT molecular complexity index is 87.9. The normalized spacial score (nSPS) is 13.6. The van der Waals surface area contributed by atoms with Gasteiger partial charge in [-0.25, -0.2) is 0 Å². The van der Waals surface area contributed by atoms with Gasteiger partial charge in [-0.2, -0.15) is 0 Å². The fourth-order valence-electron chi connectivity index (χ4n) is 0.290. The topological polar surface area (TPSA) is 47.6 Å². The van der Waals surface area contributed by atoms with Crippen molar-refractivity contribution in [3.63, 3.8) is 0 Å². The molecular weight excluding hydrogens is 141 g/mol. The molecule has 5 heteroatoms. The number of nitrogens with one attached hydrogen (secondary N) is 1. The Balaban J connectivity index is 2.97. The Hall–Kier alpha value is 0.110. The van der Waals surface area contributed by atoms with Gasteiger partial charge in [-0.1, -0.05) is 0 Å². The van der Waals surface area contributed by atoms with Crippen LogP contribution in [0.3, 0.4) is 0 Å². The molecular formula is C4H12NO3P. The van der Waals surface area contributed by atoms with E-state index in [1.165, 1.54) is 0 Å². The summed E-state index contributed by atoms with van der Waals surface area (Å²) in [5.74, 6) is 0. The minimum atomic E-state index is -1.98. The van der Waals surface area contributed by atoms with Crippen molar-refractivity contribution in [1.29, 1.82) is 0 Å². The zero-order chi connectivity index (χ0) is 7.11. The van der Waals surface area contributed by atoms with Gasteiger partial charge >= 0.3 is 0 Å². The van der Waals surface area contributed by atoms with E-state index >= 15 is 0 Å². The fourth-order valence-corrected chi connectivity index (χ4v) is 0.703. The highest BCUT2D eigenvalue weighted by Gasteiger charge is 1.91. The van der Waals surface area contributed by atoms with Crippen LogP contribution in [0.25, 0.3) is 0 Å². The van der Waals surface area contributed by atoms with Crippen LogP contribution < -0.4 is 5.09 Å². The highest BCUT2D eigenvalue weighted by molar-refractivity contribution is 7.36. The number of rotatable bonds is 5. The highest BCUT2D eigenvalue weighted by atomic mass is 31.1. The summed E-state index contributed by atoms with van der Waals surface area (Å²) in [7, 11) is 1.18. The van der Waals surface area contributed by atoms with E-state index in [2.05, 4.69) is 9.82 Å². The summed E-state index contributed by atoms with van der Waals surface area (Å²) in [6.07, 6.45) is 0. The molecule has 0 aromatic carbocycles. The van der Waals surface area contributed by atoms with Gasteiger partial charge in [0.2, 0.25) is 0 Å². The largest absolute Gasteiger partial charge is 0.382 e. The SMILES string of the molecule is CN[PH](=O)OCCOC. The predicted octanol–water partition coefficient (Wildman–Crippen LogP) is 0.258. The first-order valence-electron chi connectivity index (χ1n) is 2.64. The molecule has 0 saturated heterocycles. The third-order valence-corrected chi connectivity index (χ3v) is 1.60. The zero-order valence-electron chi connectivity index (χ0n) is 5.64. The molecule has 1 N–H and O–H groups in total. The molecule has 4 nitrogen and oxygen atoms in total. The third kappa shape index (κ3) is 5.99. The molecule has 0 fully saturated rings. The van der Waals surface area contributed by atoms with Crippen molar-refractivity contribution in [1.82, 2.24) is 5.09 Å². The van der Waals surface area contributed by atoms with Gasteiger partial charge < -0.3 is 9.26 Å². The lowest BCUT2D eigenvalue weighted by Gasteiger charge is -2.00. The lowest BCUT2D eigenvalue weighted by molar-refractivity contribution is 0.149. The Morgan fingerprint density at radius 1 is 1.56 bits per heavy atom. The van der Waals surface area contributed by atoms with Crippen molar-refractivity contribution in [2.24, 2.45) is 0 Å². The molecule has 0 aliphatic carbocycles. The monoisotopic (exact) mass is 153 g/mol. The van der Waals surface area contributed by atoms with Crippen LogP contribution in [0.5, 0.6) is 0 Å². The lowest BCUT2D eigenvalue weighted by atomic mass is 10.8. The van der Waals surface area contributed by atoms with Gasteiger partial charge in [-0.3, -0.25) is 9.65 Å². The van der Waals surface area contributed by atoms with E-state index in [-0.39, 0.29) is 0 Å². The summed E-state index contributed by atoms with van der Waals surface area (Å²) < 4.78 is 19.9. The molecule has 0 heterocycles. The van der Waals surface area contributed by atoms with Crippen LogP contribution >= 0.6 is 8.18 Å².